The molecule has 0 radical (unpaired) electrons. The predicted octanol–water partition coefficient (Wildman–Crippen LogP) is 2.92. The summed E-state index contributed by atoms with van der Waals surface area (Å²) in [5, 5.41) is 10.7. The Morgan fingerprint density at radius 2 is 1.85 bits per heavy atom. The molecule has 0 saturated heterocycles. The van der Waals surface area contributed by atoms with Gasteiger partial charge in [-0.05, 0) is 32.0 Å². The second-order valence-electron chi connectivity index (χ2n) is 5.96. The molecule has 138 valence electrons. The number of para-hydroxylation sites is 1. The molecule has 0 aliphatic heterocycles. The number of nitrogens with two attached hydrogens (primary N) is 1. The molecule has 0 bridgehead atoms. The Hall–Kier alpha value is -3.13. The molecule has 0 fully saturated rings. The van der Waals surface area contributed by atoms with E-state index in [0.29, 0.717) is 11.0 Å². The van der Waals surface area contributed by atoms with E-state index in [9.17, 15) is 9.59 Å². The second-order valence-corrected chi connectivity index (χ2v) is 7.27. The summed E-state index contributed by atoms with van der Waals surface area (Å²) in [6.07, 6.45) is 0. The van der Waals surface area contributed by atoms with Gasteiger partial charge in [-0.2, -0.15) is 0 Å². The average Bonchev–Trinajstić information content (AvgIpc) is 3.05. The molecule has 0 saturated carbocycles. The Morgan fingerprint density at radius 3 is 2.52 bits per heavy atom. The number of nitrogens with zero attached hydrogens (tertiary/aromatic N) is 3. The Labute approximate surface area is 161 Å². The maximum absolute atomic E-state index is 12.0. The fourth-order valence-corrected chi connectivity index (χ4v) is 3.43. The van der Waals surface area contributed by atoms with Gasteiger partial charge in [0.2, 0.25) is 5.91 Å². The lowest BCUT2D eigenvalue weighted by Gasteiger charge is -2.13. The molecule has 8 heteroatoms. The van der Waals surface area contributed by atoms with E-state index in [-0.39, 0.29) is 0 Å². The largest absolute Gasteiger partial charge is 0.351 e. The highest BCUT2D eigenvalue weighted by atomic mass is 32.2. The van der Waals surface area contributed by atoms with Crippen LogP contribution in [0.4, 0.5) is 4.79 Å². The van der Waals surface area contributed by atoms with Crippen molar-refractivity contribution >= 4 is 23.7 Å². The van der Waals surface area contributed by atoms with Gasteiger partial charge >= 0.3 is 6.03 Å². The van der Waals surface area contributed by atoms with E-state index in [1.165, 1.54) is 11.8 Å². The van der Waals surface area contributed by atoms with Gasteiger partial charge in [0.05, 0.1) is 5.25 Å². The number of benzene rings is 2. The number of primary amides is 1. The van der Waals surface area contributed by atoms with Gasteiger partial charge in [-0.3, -0.25) is 14.7 Å². The number of carbonyl (C=O) groups is 2. The fraction of sp³-hybridized carbons (Fsp3) is 0.158. The highest BCUT2D eigenvalue weighted by Crippen LogP contribution is 2.30. The van der Waals surface area contributed by atoms with Gasteiger partial charge in [-0.15, -0.1) is 10.2 Å². The van der Waals surface area contributed by atoms with Crippen molar-refractivity contribution in [3.8, 4) is 17.1 Å². The summed E-state index contributed by atoms with van der Waals surface area (Å²) in [5.74, 6) is 0.196. The number of hydrogen-bond donors (Lipinski definition) is 2. The number of nitrogens with one attached hydrogen (secondary N) is 1. The molecule has 1 atom stereocenters. The lowest BCUT2D eigenvalue weighted by Crippen LogP contribution is -2.39. The van der Waals surface area contributed by atoms with Crippen molar-refractivity contribution in [1.82, 2.24) is 20.1 Å². The summed E-state index contributed by atoms with van der Waals surface area (Å²) in [6, 6.07) is 16.8. The molecular weight excluding hydrogens is 362 g/mol. The number of imide groups is 1. The molecule has 0 aliphatic carbocycles. The Kier molecular flexibility index (Phi) is 5.56. The summed E-state index contributed by atoms with van der Waals surface area (Å²) >= 11 is 1.20. The first kappa shape index (κ1) is 18.7. The standard InChI is InChI=1S/C19H19N5O2S/c1-12-7-6-8-14(11-12)16-22-23-19(24(16)15-9-4-3-5-10-15)27-13(2)17(25)21-18(20)26/h3-11,13H,1-2H3,(H3,20,21,25,26). The Balaban J connectivity index is 2.02. The van der Waals surface area contributed by atoms with Crippen LogP contribution in [0.25, 0.3) is 17.1 Å². The van der Waals surface area contributed by atoms with Crippen molar-refractivity contribution in [1.29, 1.82) is 0 Å². The van der Waals surface area contributed by atoms with Gasteiger partial charge in [-0.1, -0.05) is 53.7 Å². The highest BCUT2D eigenvalue weighted by Gasteiger charge is 2.22. The number of aromatic nitrogens is 3. The van der Waals surface area contributed by atoms with E-state index < -0.39 is 17.2 Å². The minimum Gasteiger partial charge on any atom is -0.351 e. The molecule has 2 aromatic carbocycles. The van der Waals surface area contributed by atoms with Crippen LogP contribution in [0.2, 0.25) is 0 Å². The zero-order valence-corrected chi connectivity index (χ0v) is 15.7. The molecule has 3 N–H and O–H groups in total. The zero-order valence-electron chi connectivity index (χ0n) is 14.9. The molecular formula is C19H19N5O2S. The van der Waals surface area contributed by atoms with E-state index in [0.717, 1.165) is 16.8 Å². The van der Waals surface area contributed by atoms with Crippen LogP contribution in [-0.4, -0.2) is 32.0 Å². The molecule has 0 spiro atoms. The van der Waals surface area contributed by atoms with Gasteiger partial charge in [-0.25, -0.2) is 4.79 Å². The molecule has 27 heavy (non-hydrogen) atoms. The molecule has 1 heterocycles. The number of hydrogen-bond acceptors (Lipinski definition) is 5. The monoisotopic (exact) mass is 381 g/mol. The van der Waals surface area contributed by atoms with E-state index in [4.69, 9.17) is 5.73 Å². The number of aryl methyl sites for hydroxylation is 1. The fourth-order valence-electron chi connectivity index (χ4n) is 2.56. The second kappa shape index (κ2) is 8.05. The van der Waals surface area contributed by atoms with E-state index in [1.807, 2.05) is 66.1 Å². The maximum atomic E-state index is 12.0. The predicted molar refractivity (Wildman–Crippen MR) is 105 cm³/mol. The summed E-state index contributed by atoms with van der Waals surface area (Å²) < 4.78 is 1.90. The van der Waals surface area contributed by atoms with Crippen molar-refractivity contribution < 1.29 is 9.59 Å². The van der Waals surface area contributed by atoms with Crippen LogP contribution < -0.4 is 11.1 Å². The lowest BCUT2D eigenvalue weighted by atomic mass is 10.1. The molecule has 7 nitrogen and oxygen atoms in total. The van der Waals surface area contributed by atoms with Gasteiger partial charge in [0, 0.05) is 11.3 Å². The Bertz CT molecular complexity index is 971. The quantitative estimate of drug-likeness (QED) is 0.662. The first-order valence-electron chi connectivity index (χ1n) is 8.30. The highest BCUT2D eigenvalue weighted by molar-refractivity contribution is 8.00. The summed E-state index contributed by atoms with van der Waals surface area (Å²) in [4.78, 5) is 23.0. The average molecular weight is 381 g/mol. The van der Waals surface area contributed by atoms with E-state index in [1.54, 1.807) is 6.92 Å². The summed E-state index contributed by atoms with van der Waals surface area (Å²) in [6.45, 7) is 3.69. The molecule has 1 unspecified atom stereocenters. The first-order chi connectivity index (χ1) is 13.0. The third-order valence-corrected chi connectivity index (χ3v) is 4.86. The first-order valence-corrected chi connectivity index (χ1v) is 9.18. The number of rotatable bonds is 5. The van der Waals surface area contributed by atoms with Crippen molar-refractivity contribution in [3.63, 3.8) is 0 Å². The van der Waals surface area contributed by atoms with Gasteiger partial charge < -0.3 is 5.73 Å². The molecule has 3 aromatic rings. The maximum Gasteiger partial charge on any atom is 0.318 e. The van der Waals surface area contributed by atoms with Crippen LogP contribution in [-0.2, 0) is 4.79 Å². The third-order valence-electron chi connectivity index (χ3n) is 3.82. The van der Waals surface area contributed by atoms with Crippen molar-refractivity contribution in [3.05, 3.63) is 60.2 Å². The number of thioether (sulfide) groups is 1. The topological polar surface area (TPSA) is 103 Å². The molecule has 1 aromatic heterocycles. The zero-order chi connectivity index (χ0) is 19.4. The molecule has 3 rings (SSSR count). The van der Waals surface area contributed by atoms with Crippen LogP contribution in [0.5, 0.6) is 0 Å². The van der Waals surface area contributed by atoms with Crippen molar-refractivity contribution in [2.24, 2.45) is 5.73 Å². The summed E-state index contributed by atoms with van der Waals surface area (Å²) in [5.41, 5.74) is 7.94. The van der Waals surface area contributed by atoms with E-state index in [2.05, 4.69) is 15.5 Å². The van der Waals surface area contributed by atoms with E-state index >= 15 is 0 Å². The van der Waals surface area contributed by atoms with Crippen LogP contribution in [0, 0.1) is 6.92 Å². The van der Waals surface area contributed by atoms with Gasteiger partial charge in [0.25, 0.3) is 0 Å². The third kappa shape index (κ3) is 4.35. The van der Waals surface area contributed by atoms with Crippen LogP contribution in [0.1, 0.15) is 12.5 Å². The smallest absolute Gasteiger partial charge is 0.318 e. The van der Waals surface area contributed by atoms with Crippen molar-refractivity contribution in [2.45, 2.75) is 24.3 Å². The molecule has 0 aliphatic rings. The molecule has 3 amide bonds. The normalized spacial score (nSPS) is 11.8. The number of urea groups is 1. The SMILES string of the molecule is Cc1cccc(-c2nnc(SC(C)C(=O)NC(N)=O)n2-c2ccccc2)c1. The minimum atomic E-state index is -0.877. The van der Waals surface area contributed by atoms with Gasteiger partial charge in [0.15, 0.2) is 11.0 Å². The van der Waals surface area contributed by atoms with Crippen LogP contribution in [0.3, 0.4) is 0 Å². The number of carbonyl (C=O) groups excluding carboxylic acids is 2. The Morgan fingerprint density at radius 1 is 1.11 bits per heavy atom. The summed E-state index contributed by atoms with van der Waals surface area (Å²) in [7, 11) is 0. The van der Waals surface area contributed by atoms with Gasteiger partial charge in [0.1, 0.15) is 0 Å². The lowest BCUT2D eigenvalue weighted by molar-refractivity contribution is -0.119. The number of amides is 3. The van der Waals surface area contributed by atoms with Crippen molar-refractivity contribution in [2.75, 3.05) is 0 Å². The minimum absolute atomic E-state index is 0.479. The van der Waals surface area contributed by atoms with Crippen LogP contribution >= 0.6 is 11.8 Å². The van der Waals surface area contributed by atoms with Crippen LogP contribution in [0.15, 0.2) is 59.8 Å².